The first kappa shape index (κ1) is 25.8. The van der Waals surface area contributed by atoms with Crippen LogP contribution in [0.25, 0.3) is 0 Å². The molecule has 0 radical (unpaired) electrons. The predicted molar refractivity (Wildman–Crippen MR) is 106 cm³/mol. The van der Waals surface area contributed by atoms with Gasteiger partial charge in [0, 0.05) is 13.0 Å². The summed E-state index contributed by atoms with van der Waals surface area (Å²) < 4.78 is 89.5. The van der Waals surface area contributed by atoms with Gasteiger partial charge in [-0.05, 0) is 55.6 Å². The van der Waals surface area contributed by atoms with Crippen molar-refractivity contribution in [3.05, 3.63) is 59.7 Å². The number of hydrogen-bond acceptors (Lipinski definition) is 4. The van der Waals surface area contributed by atoms with Crippen molar-refractivity contribution in [2.45, 2.75) is 44.9 Å². The maximum absolute atomic E-state index is 12.8. The molecule has 10 heteroatoms. The number of alkyl halides is 6. The first-order valence-electron chi connectivity index (χ1n) is 9.93. The summed E-state index contributed by atoms with van der Waals surface area (Å²) in [6.45, 7) is -3.34. The van der Waals surface area contributed by atoms with Gasteiger partial charge >= 0.3 is 13.0 Å². The van der Waals surface area contributed by atoms with E-state index in [9.17, 15) is 26.3 Å². The van der Waals surface area contributed by atoms with Crippen molar-refractivity contribution >= 4 is 0 Å². The molecule has 1 unspecified atom stereocenters. The third kappa shape index (κ3) is 9.78. The fourth-order valence-corrected chi connectivity index (χ4v) is 3.00. The minimum absolute atomic E-state index is 0.125. The monoisotopic (exact) mass is 465 g/mol. The maximum Gasteiger partial charge on any atom is 0.573 e. The molecule has 0 aliphatic rings. The lowest BCUT2D eigenvalue weighted by molar-refractivity contribution is -0.274. The minimum Gasteiger partial charge on any atom is -0.464 e. The van der Waals surface area contributed by atoms with Gasteiger partial charge < -0.3 is 9.47 Å². The Morgan fingerprint density at radius 2 is 1.75 bits per heavy atom. The normalized spacial score (nSPS) is 12.9. The molecule has 0 saturated carbocycles. The van der Waals surface area contributed by atoms with E-state index in [1.807, 2.05) is 0 Å². The number of rotatable bonds is 13. The molecule has 178 valence electrons. The van der Waals surface area contributed by atoms with Gasteiger partial charge in [-0.25, -0.2) is 4.39 Å². The average molecular weight is 465 g/mol. The SMILES string of the molecule is CN(CF)CCCC(Oc1ccccc1CCc1cccc(OC(F)(F)F)c1)OC(F)F. The zero-order valence-corrected chi connectivity index (χ0v) is 17.5. The number of nitrogens with zero attached hydrogens (tertiary/aromatic N) is 1. The standard InChI is InChI=1S/C22H25F6NO3/c1-29(15-23)13-5-10-20(31-21(24)25)30-19-9-3-2-7-17(19)12-11-16-6-4-8-18(14-16)32-22(26,27)28/h2-4,6-9,14,20-21H,5,10-13,15H2,1H3. The predicted octanol–water partition coefficient (Wildman–Crippen LogP) is 5.95. The highest BCUT2D eigenvalue weighted by Gasteiger charge is 2.31. The third-order valence-electron chi connectivity index (χ3n) is 4.48. The third-order valence-corrected chi connectivity index (χ3v) is 4.48. The molecule has 0 bridgehead atoms. The van der Waals surface area contributed by atoms with Gasteiger partial charge in [-0.15, -0.1) is 13.2 Å². The molecule has 0 spiro atoms. The van der Waals surface area contributed by atoms with Gasteiger partial charge in [-0.2, -0.15) is 8.78 Å². The van der Waals surface area contributed by atoms with Crippen molar-refractivity contribution in [2.75, 3.05) is 20.4 Å². The lowest BCUT2D eigenvalue weighted by atomic mass is 10.0. The molecular weight excluding hydrogens is 440 g/mol. The van der Waals surface area contributed by atoms with E-state index in [1.165, 1.54) is 23.1 Å². The molecule has 0 aliphatic carbocycles. The molecule has 0 aliphatic heterocycles. The van der Waals surface area contributed by atoms with Crippen molar-refractivity contribution in [3.8, 4) is 11.5 Å². The molecule has 0 heterocycles. The number of para-hydroxylation sites is 1. The summed E-state index contributed by atoms with van der Waals surface area (Å²) in [6.07, 6.45) is -4.74. The Bertz CT molecular complexity index is 818. The largest absolute Gasteiger partial charge is 0.573 e. The Balaban J connectivity index is 2.03. The second-order valence-electron chi connectivity index (χ2n) is 7.09. The van der Waals surface area contributed by atoms with E-state index in [4.69, 9.17) is 4.74 Å². The van der Waals surface area contributed by atoms with Crippen LogP contribution in [0.1, 0.15) is 24.0 Å². The molecule has 32 heavy (non-hydrogen) atoms. The van der Waals surface area contributed by atoms with E-state index in [0.717, 1.165) is 0 Å². The number of benzene rings is 2. The lowest BCUT2D eigenvalue weighted by Crippen LogP contribution is -2.26. The smallest absolute Gasteiger partial charge is 0.464 e. The highest BCUT2D eigenvalue weighted by Crippen LogP contribution is 2.26. The van der Waals surface area contributed by atoms with Crippen LogP contribution in [0.4, 0.5) is 26.3 Å². The number of ether oxygens (including phenoxy) is 3. The summed E-state index contributed by atoms with van der Waals surface area (Å²) in [5, 5.41) is 0. The molecule has 4 nitrogen and oxygen atoms in total. The van der Waals surface area contributed by atoms with Crippen LogP contribution in [0.5, 0.6) is 11.5 Å². The Labute approximate surface area is 182 Å². The summed E-state index contributed by atoms with van der Waals surface area (Å²) in [5.74, 6) is 0.0165. The fourth-order valence-electron chi connectivity index (χ4n) is 3.00. The second kappa shape index (κ2) is 12.5. The molecule has 0 saturated heterocycles. The molecule has 2 rings (SSSR count). The van der Waals surface area contributed by atoms with Gasteiger partial charge in [0.1, 0.15) is 18.3 Å². The Morgan fingerprint density at radius 3 is 2.44 bits per heavy atom. The van der Waals surface area contributed by atoms with Crippen LogP contribution in [-0.4, -0.2) is 44.6 Å². The van der Waals surface area contributed by atoms with E-state index in [2.05, 4.69) is 9.47 Å². The molecule has 1 atom stereocenters. The van der Waals surface area contributed by atoms with E-state index in [-0.39, 0.29) is 12.2 Å². The molecule has 0 N–H and O–H groups in total. The quantitative estimate of drug-likeness (QED) is 0.208. The van der Waals surface area contributed by atoms with Gasteiger partial charge in [0.15, 0.2) is 0 Å². The van der Waals surface area contributed by atoms with Crippen molar-refractivity contribution in [1.82, 2.24) is 4.90 Å². The van der Waals surface area contributed by atoms with E-state index in [1.54, 1.807) is 37.4 Å². The minimum atomic E-state index is -4.78. The zero-order valence-electron chi connectivity index (χ0n) is 17.5. The molecule has 0 amide bonds. The summed E-state index contributed by atoms with van der Waals surface area (Å²) >= 11 is 0. The van der Waals surface area contributed by atoms with Crippen molar-refractivity contribution in [1.29, 1.82) is 0 Å². The molecule has 0 fully saturated rings. The van der Waals surface area contributed by atoms with Crippen molar-refractivity contribution in [2.24, 2.45) is 0 Å². The Hall–Kier alpha value is -2.46. The number of aryl methyl sites for hydroxylation is 2. The van der Waals surface area contributed by atoms with Gasteiger partial charge in [0.25, 0.3) is 0 Å². The molecular formula is C22H25F6NO3. The fraction of sp³-hybridized carbons (Fsp3) is 0.455. The van der Waals surface area contributed by atoms with Gasteiger partial charge in [-0.1, -0.05) is 30.3 Å². The van der Waals surface area contributed by atoms with Crippen LogP contribution in [-0.2, 0) is 17.6 Å². The summed E-state index contributed by atoms with van der Waals surface area (Å²) in [7, 11) is 1.56. The average Bonchev–Trinajstić information content (AvgIpc) is 2.71. The van der Waals surface area contributed by atoms with E-state index in [0.29, 0.717) is 42.7 Å². The number of halogens is 6. The molecule has 2 aromatic carbocycles. The van der Waals surface area contributed by atoms with Crippen LogP contribution in [0.15, 0.2) is 48.5 Å². The van der Waals surface area contributed by atoms with Crippen LogP contribution < -0.4 is 9.47 Å². The Kier molecular flexibility index (Phi) is 10.1. The highest BCUT2D eigenvalue weighted by molar-refractivity contribution is 5.35. The number of hydrogen-bond donors (Lipinski definition) is 0. The molecule has 2 aromatic rings. The van der Waals surface area contributed by atoms with Crippen molar-refractivity contribution < 1.29 is 40.6 Å². The summed E-state index contributed by atoms with van der Waals surface area (Å²) in [5.41, 5.74) is 1.29. The zero-order chi connectivity index (χ0) is 23.6. The highest BCUT2D eigenvalue weighted by atomic mass is 19.4. The first-order chi connectivity index (χ1) is 15.2. The Morgan fingerprint density at radius 1 is 1.00 bits per heavy atom. The first-order valence-corrected chi connectivity index (χ1v) is 9.93. The van der Waals surface area contributed by atoms with Gasteiger partial charge in [-0.3, -0.25) is 9.64 Å². The summed E-state index contributed by atoms with van der Waals surface area (Å²) in [4.78, 5) is 1.39. The van der Waals surface area contributed by atoms with Gasteiger partial charge in [0.05, 0.1) is 0 Å². The van der Waals surface area contributed by atoms with Crippen molar-refractivity contribution in [3.63, 3.8) is 0 Å². The van der Waals surface area contributed by atoms with Crippen LogP contribution in [0, 0.1) is 0 Å². The van der Waals surface area contributed by atoms with Crippen LogP contribution in [0.3, 0.4) is 0 Å². The van der Waals surface area contributed by atoms with E-state index >= 15 is 0 Å². The second-order valence-corrected chi connectivity index (χ2v) is 7.09. The van der Waals surface area contributed by atoms with Gasteiger partial charge in [0.2, 0.25) is 6.29 Å². The van der Waals surface area contributed by atoms with Crippen LogP contribution >= 0.6 is 0 Å². The topological polar surface area (TPSA) is 30.9 Å². The van der Waals surface area contributed by atoms with E-state index < -0.39 is 26.1 Å². The lowest BCUT2D eigenvalue weighted by Gasteiger charge is -2.22. The molecule has 0 aromatic heterocycles. The summed E-state index contributed by atoms with van der Waals surface area (Å²) in [6, 6.07) is 12.4. The maximum atomic E-state index is 12.8. The van der Waals surface area contributed by atoms with Crippen LogP contribution in [0.2, 0.25) is 0 Å².